The lowest BCUT2D eigenvalue weighted by Crippen LogP contribution is -2.51. The molecule has 5 rings (SSSR count). The normalized spacial score (nSPS) is 25.5. The smallest absolute Gasteiger partial charge is 0.257 e. The first-order valence-corrected chi connectivity index (χ1v) is 10.4. The summed E-state index contributed by atoms with van der Waals surface area (Å²) < 4.78 is 21.7. The van der Waals surface area contributed by atoms with Crippen molar-refractivity contribution >= 4 is 29.8 Å². The van der Waals surface area contributed by atoms with E-state index in [0.717, 1.165) is 24.9 Å². The summed E-state index contributed by atoms with van der Waals surface area (Å²) in [7, 11) is 1.67. The zero-order chi connectivity index (χ0) is 21.6. The van der Waals surface area contributed by atoms with E-state index in [1.807, 2.05) is 11.0 Å². The van der Waals surface area contributed by atoms with Crippen LogP contribution in [0.3, 0.4) is 0 Å². The van der Waals surface area contributed by atoms with Crippen LogP contribution in [0.4, 0.5) is 10.2 Å². The number of aromatic nitrogens is 3. The van der Waals surface area contributed by atoms with Gasteiger partial charge in [-0.05, 0) is 18.9 Å². The lowest BCUT2D eigenvalue weighted by molar-refractivity contribution is -0.140. The second-order valence-electron chi connectivity index (χ2n) is 8.07. The minimum Gasteiger partial charge on any atom is -0.356 e. The first-order chi connectivity index (χ1) is 15.0. The van der Waals surface area contributed by atoms with Gasteiger partial charge >= 0.3 is 0 Å². The van der Waals surface area contributed by atoms with Gasteiger partial charge in [-0.1, -0.05) is 6.58 Å². The van der Waals surface area contributed by atoms with E-state index in [0.29, 0.717) is 31.6 Å². The molecule has 3 aliphatic heterocycles. The fraction of sp³-hybridized carbons (Fsp3) is 0.476. The third kappa shape index (κ3) is 3.13. The second kappa shape index (κ2) is 7.52. The molecule has 3 saturated heterocycles. The Morgan fingerprint density at radius 3 is 2.94 bits per heavy atom. The highest BCUT2D eigenvalue weighted by atomic mass is 19.1. The maximum atomic E-state index is 13.9. The molecule has 10 heteroatoms. The van der Waals surface area contributed by atoms with Gasteiger partial charge in [0.25, 0.3) is 5.91 Å². The lowest BCUT2D eigenvalue weighted by Gasteiger charge is -2.38. The second-order valence-corrected chi connectivity index (χ2v) is 8.07. The van der Waals surface area contributed by atoms with Crippen molar-refractivity contribution in [2.45, 2.75) is 43.6 Å². The minimum absolute atomic E-state index is 0.0187. The van der Waals surface area contributed by atoms with Gasteiger partial charge in [-0.2, -0.15) is 9.61 Å². The van der Waals surface area contributed by atoms with E-state index >= 15 is 0 Å². The zero-order valence-corrected chi connectivity index (χ0v) is 17.3. The molecule has 0 N–H and O–H groups in total. The highest BCUT2D eigenvalue weighted by Crippen LogP contribution is 2.44. The Labute approximate surface area is 178 Å². The number of aliphatic imine (C=N–C) groups is 2. The van der Waals surface area contributed by atoms with E-state index in [1.54, 1.807) is 25.7 Å². The molecule has 3 fully saturated rings. The van der Waals surface area contributed by atoms with Gasteiger partial charge in [0.15, 0.2) is 17.1 Å². The topological polar surface area (TPSA) is 87.7 Å². The van der Waals surface area contributed by atoms with Gasteiger partial charge in [0.1, 0.15) is 12.0 Å². The maximum Gasteiger partial charge on any atom is 0.257 e. The van der Waals surface area contributed by atoms with Crippen molar-refractivity contribution in [3.8, 4) is 0 Å². The minimum atomic E-state index is -0.823. The molecule has 2 aromatic heterocycles. The molecule has 0 aromatic carbocycles. The third-order valence-electron chi connectivity index (χ3n) is 6.39. The molecule has 0 unspecified atom stereocenters. The first-order valence-electron chi connectivity index (χ1n) is 10.4. The molecular formula is C21H24FN7O2. The first kappa shape index (κ1) is 19.8. The van der Waals surface area contributed by atoms with Crippen LogP contribution in [0.2, 0.25) is 0 Å². The van der Waals surface area contributed by atoms with Crippen molar-refractivity contribution in [1.29, 1.82) is 0 Å². The van der Waals surface area contributed by atoms with Crippen LogP contribution >= 0.6 is 0 Å². The van der Waals surface area contributed by atoms with Gasteiger partial charge < -0.3 is 14.5 Å². The van der Waals surface area contributed by atoms with Crippen molar-refractivity contribution in [3.05, 3.63) is 36.6 Å². The molecule has 1 amide bonds. The van der Waals surface area contributed by atoms with Crippen molar-refractivity contribution in [3.63, 3.8) is 0 Å². The summed E-state index contributed by atoms with van der Waals surface area (Å²) in [5.41, 5.74) is 0.0197. The average molecular weight is 425 g/mol. The Hall–Kier alpha value is -3.14. The van der Waals surface area contributed by atoms with E-state index < -0.39 is 11.4 Å². The van der Waals surface area contributed by atoms with Crippen LogP contribution in [-0.4, -0.2) is 75.8 Å². The Morgan fingerprint density at radius 1 is 1.35 bits per heavy atom. The Balaban J connectivity index is 1.32. The van der Waals surface area contributed by atoms with Gasteiger partial charge in [-0.15, -0.1) is 0 Å². The molecule has 9 nitrogen and oxygen atoms in total. The van der Waals surface area contributed by atoms with Crippen LogP contribution < -0.4 is 4.90 Å². The largest absolute Gasteiger partial charge is 0.356 e. The van der Waals surface area contributed by atoms with Crippen LogP contribution in [0.1, 0.15) is 25.7 Å². The molecule has 0 saturated carbocycles. The summed E-state index contributed by atoms with van der Waals surface area (Å²) in [6, 6.07) is 1.66. The van der Waals surface area contributed by atoms with Gasteiger partial charge in [0.05, 0.1) is 17.9 Å². The number of fused-ring (bicyclic) bond motifs is 2. The number of hydrogen-bond donors (Lipinski definition) is 0. The summed E-state index contributed by atoms with van der Waals surface area (Å²) in [6.45, 7) is 5.26. The van der Waals surface area contributed by atoms with E-state index in [2.05, 4.69) is 31.5 Å². The Bertz CT molecular complexity index is 1090. The van der Waals surface area contributed by atoms with Crippen LogP contribution in [0.5, 0.6) is 0 Å². The van der Waals surface area contributed by atoms with Crippen molar-refractivity contribution in [2.75, 3.05) is 25.0 Å². The van der Waals surface area contributed by atoms with E-state index in [9.17, 15) is 9.18 Å². The molecule has 0 radical (unpaired) electrons. The van der Waals surface area contributed by atoms with Gasteiger partial charge in [0, 0.05) is 51.6 Å². The molecule has 162 valence electrons. The van der Waals surface area contributed by atoms with Crippen molar-refractivity contribution in [1.82, 2.24) is 19.5 Å². The monoisotopic (exact) mass is 425 g/mol. The molecule has 3 aliphatic rings. The summed E-state index contributed by atoms with van der Waals surface area (Å²) >= 11 is 0. The molecule has 2 aromatic rings. The predicted molar refractivity (Wildman–Crippen MR) is 114 cm³/mol. The van der Waals surface area contributed by atoms with E-state index in [4.69, 9.17) is 4.74 Å². The Kier molecular flexibility index (Phi) is 4.81. The summed E-state index contributed by atoms with van der Waals surface area (Å²) in [4.78, 5) is 29.6. The number of hydrogen-bond acceptors (Lipinski definition) is 7. The summed E-state index contributed by atoms with van der Waals surface area (Å²) in [6.07, 6.45) is 8.37. The summed E-state index contributed by atoms with van der Waals surface area (Å²) in [5.74, 6) is 0.322. The molecule has 31 heavy (non-hydrogen) atoms. The molecule has 2 atom stereocenters. The van der Waals surface area contributed by atoms with Crippen molar-refractivity contribution < 1.29 is 13.9 Å². The number of carbonyl (C=O) groups excluding carboxylic acids is 1. The average Bonchev–Trinajstić information content (AvgIpc) is 3.44. The fourth-order valence-electron chi connectivity index (χ4n) is 4.84. The van der Waals surface area contributed by atoms with Crippen molar-refractivity contribution in [2.24, 2.45) is 9.98 Å². The van der Waals surface area contributed by atoms with Gasteiger partial charge in [-0.25, -0.2) is 9.37 Å². The Morgan fingerprint density at radius 2 is 2.16 bits per heavy atom. The number of carbonyl (C=O) groups is 1. The molecule has 1 spiro atoms. The third-order valence-corrected chi connectivity index (χ3v) is 6.39. The SMILES string of the molecule is C=C(N=CC=NC)[C@@H]1CC[C@H]2OC3(CCN(c4ccnc5c(F)cnn45)CC3)C(=O)N21. The van der Waals surface area contributed by atoms with E-state index in [1.165, 1.54) is 4.52 Å². The van der Waals surface area contributed by atoms with Gasteiger partial charge in [-0.3, -0.25) is 14.8 Å². The maximum absolute atomic E-state index is 13.9. The number of amides is 1. The highest BCUT2D eigenvalue weighted by Gasteiger charge is 2.58. The number of rotatable bonds is 4. The zero-order valence-electron chi connectivity index (χ0n) is 17.3. The predicted octanol–water partition coefficient (Wildman–Crippen LogP) is 1.84. The van der Waals surface area contributed by atoms with Crippen LogP contribution in [-0.2, 0) is 9.53 Å². The number of nitrogens with zero attached hydrogens (tertiary/aromatic N) is 7. The highest BCUT2D eigenvalue weighted by molar-refractivity contribution is 6.16. The lowest BCUT2D eigenvalue weighted by atomic mass is 9.90. The van der Waals surface area contributed by atoms with E-state index in [-0.39, 0.29) is 23.8 Å². The molecular weight excluding hydrogens is 401 g/mol. The standard InChI is InChI=1S/C21H24FN7O2/c1-14(24-10-9-23-2)16-3-4-18-28(16)20(30)21(31-18)6-11-27(12-7-21)17-5-8-25-19-15(22)13-26-29(17)19/h5,8-10,13,16,18H,1,3-4,6-7,11-12H2,2H3/t16-,18+/m0/s1. The number of ether oxygens (including phenoxy) is 1. The molecule has 0 aliphatic carbocycles. The molecule has 5 heterocycles. The van der Waals surface area contributed by atoms with Crippen LogP contribution in [0.25, 0.3) is 5.65 Å². The number of piperidine rings is 1. The fourth-order valence-corrected chi connectivity index (χ4v) is 4.84. The molecule has 0 bridgehead atoms. The summed E-state index contributed by atoms with van der Waals surface area (Å²) in [5, 5.41) is 4.10. The van der Waals surface area contributed by atoms with Crippen LogP contribution in [0.15, 0.2) is 40.7 Å². The quantitative estimate of drug-likeness (QED) is 0.698. The van der Waals surface area contributed by atoms with Gasteiger partial charge in [0.2, 0.25) is 0 Å². The van der Waals surface area contributed by atoms with Crippen LogP contribution in [0, 0.1) is 5.82 Å². The number of anilines is 1. The number of halogens is 1.